The third-order valence-electron chi connectivity index (χ3n) is 2.47. The molecule has 0 bridgehead atoms. The van der Waals surface area contributed by atoms with Gasteiger partial charge in [-0.15, -0.1) is 0 Å². The molecule has 2 aromatic rings. The molecule has 0 aliphatic heterocycles. The monoisotopic (exact) mass is 222 g/mol. The van der Waals surface area contributed by atoms with Gasteiger partial charge in [0.1, 0.15) is 0 Å². The van der Waals surface area contributed by atoms with E-state index in [-0.39, 0.29) is 5.56 Å². The first kappa shape index (κ1) is 11.0. The summed E-state index contributed by atoms with van der Waals surface area (Å²) in [5.41, 5.74) is 0.246. The zero-order chi connectivity index (χ0) is 11.7. The molecule has 0 spiro atoms. The number of rotatable bonds is 2. The van der Waals surface area contributed by atoms with Crippen molar-refractivity contribution in [3.63, 3.8) is 0 Å². The normalized spacial score (nSPS) is 11.1. The van der Waals surface area contributed by atoms with Crippen molar-refractivity contribution in [3.8, 4) is 0 Å². The van der Waals surface area contributed by atoms with E-state index < -0.39 is 13.5 Å². The van der Waals surface area contributed by atoms with Gasteiger partial charge in [-0.3, -0.25) is 0 Å². The van der Waals surface area contributed by atoms with Crippen molar-refractivity contribution in [3.05, 3.63) is 42.0 Å². The third kappa shape index (κ3) is 1.92. The second-order valence-corrected chi connectivity index (χ2v) is 3.50. The summed E-state index contributed by atoms with van der Waals surface area (Å²) in [7, 11) is -1.60. The number of fused-ring (bicyclic) bond motifs is 1. The van der Waals surface area contributed by atoms with Crippen LogP contribution in [0.2, 0.25) is 0 Å². The second-order valence-electron chi connectivity index (χ2n) is 3.50. The maximum Gasteiger partial charge on any atom is 0.489 e. The average Bonchev–Trinajstić information content (AvgIpc) is 2.27. The van der Waals surface area contributed by atoms with E-state index in [1.165, 1.54) is 18.2 Å². The summed E-state index contributed by atoms with van der Waals surface area (Å²) in [6, 6.07) is 8.94. The van der Waals surface area contributed by atoms with Crippen molar-refractivity contribution < 1.29 is 18.8 Å². The molecule has 0 unspecified atom stereocenters. The van der Waals surface area contributed by atoms with E-state index in [4.69, 9.17) is 10.0 Å². The van der Waals surface area contributed by atoms with Crippen molar-refractivity contribution >= 4 is 23.4 Å². The molecule has 0 amide bonds. The average molecular weight is 222 g/mol. The van der Waals surface area contributed by atoms with E-state index in [9.17, 15) is 8.78 Å². The molecule has 0 saturated heterocycles. The number of hydrogen-bond donors (Lipinski definition) is 2. The van der Waals surface area contributed by atoms with Gasteiger partial charge >= 0.3 is 7.12 Å². The Morgan fingerprint density at radius 3 is 2.44 bits per heavy atom. The van der Waals surface area contributed by atoms with E-state index in [0.717, 1.165) is 0 Å². The standard InChI is InChI=1S/C11H9BF2O2/c13-11(14)8-4-5-9-7(6-8)2-1-3-10(9)12(15)16/h1-6,11,15-16H. The van der Waals surface area contributed by atoms with Gasteiger partial charge in [0.15, 0.2) is 0 Å². The zero-order valence-electron chi connectivity index (χ0n) is 8.27. The van der Waals surface area contributed by atoms with Crippen LogP contribution >= 0.6 is 0 Å². The zero-order valence-corrected chi connectivity index (χ0v) is 8.27. The molecule has 0 radical (unpaired) electrons. The van der Waals surface area contributed by atoms with E-state index in [0.29, 0.717) is 16.2 Å². The minimum Gasteiger partial charge on any atom is -0.423 e. The summed E-state index contributed by atoms with van der Waals surface area (Å²) in [5.74, 6) is 0. The number of benzene rings is 2. The molecule has 82 valence electrons. The molecule has 0 aromatic heterocycles. The summed E-state index contributed by atoms with van der Waals surface area (Å²) in [6.45, 7) is 0. The quantitative estimate of drug-likeness (QED) is 0.755. The Morgan fingerprint density at radius 1 is 1.06 bits per heavy atom. The van der Waals surface area contributed by atoms with Crippen LogP contribution < -0.4 is 5.46 Å². The Morgan fingerprint density at radius 2 is 1.81 bits per heavy atom. The fourth-order valence-electron chi connectivity index (χ4n) is 1.69. The van der Waals surface area contributed by atoms with Gasteiger partial charge in [0, 0.05) is 5.56 Å². The highest BCUT2D eigenvalue weighted by atomic mass is 19.3. The van der Waals surface area contributed by atoms with Crippen LogP contribution in [-0.4, -0.2) is 17.2 Å². The maximum absolute atomic E-state index is 12.5. The predicted octanol–water partition coefficient (Wildman–Crippen LogP) is 1.46. The summed E-state index contributed by atoms with van der Waals surface area (Å²) in [5, 5.41) is 19.4. The predicted molar refractivity (Wildman–Crippen MR) is 58.7 cm³/mol. The number of alkyl halides is 2. The van der Waals surface area contributed by atoms with Gasteiger partial charge in [0.05, 0.1) is 0 Å². The van der Waals surface area contributed by atoms with Gasteiger partial charge in [-0.2, -0.15) is 0 Å². The molecule has 0 atom stereocenters. The van der Waals surface area contributed by atoms with Crippen LogP contribution in [0.1, 0.15) is 12.0 Å². The smallest absolute Gasteiger partial charge is 0.423 e. The summed E-state index contributed by atoms with van der Waals surface area (Å²) >= 11 is 0. The van der Waals surface area contributed by atoms with E-state index in [1.807, 2.05) is 0 Å². The van der Waals surface area contributed by atoms with Crippen molar-refractivity contribution in [1.29, 1.82) is 0 Å². The van der Waals surface area contributed by atoms with Crippen LogP contribution in [0, 0.1) is 0 Å². The van der Waals surface area contributed by atoms with Gasteiger partial charge in [-0.05, 0) is 22.3 Å². The van der Waals surface area contributed by atoms with Gasteiger partial charge in [0.25, 0.3) is 6.43 Å². The third-order valence-corrected chi connectivity index (χ3v) is 2.47. The largest absolute Gasteiger partial charge is 0.489 e. The van der Waals surface area contributed by atoms with Crippen molar-refractivity contribution in [2.45, 2.75) is 6.43 Å². The Hall–Kier alpha value is -1.46. The molecular formula is C11H9BF2O2. The van der Waals surface area contributed by atoms with Crippen LogP contribution in [-0.2, 0) is 0 Å². The molecule has 5 heteroatoms. The van der Waals surface area contributed by atoms with Gasteiger partial charge in [-0.25, -0.2) is 8.78 Å². The molecular weight excluding hydrogens is 213 g/mol. The molecule has 2 rings (SSSR count). The molecule has 2 aromatic carbocycles. The topological polar surface area (TPSA) is 40.5 Å². The summed E-state index contributed by atoms with van der Waals surface area (Å²) < 4.78 is 24.9. The van der Waals surface area contributed by atoms with Gasteiger partial charge < -0.3 is 10.0 Å². The van der Waals surface area contributed by atoms with Crippen molar-refractivity contribution in [2.24, 2.45) is 0 Å². The molecule has 16 heavy (non-hydrogen) atoms. The van der Waals surface area contributed by atoms with Crippen LogP contribution in [0.3, 0.4) is 0 Å². The first-order chi connectivity index (χ1) is 7.59. The van der Waals surface area contributed by atoms with Gasteiger partial charge in [-0.1, -0.05) is 30.3 Å². The van der Waals surface area contributed by atoms with Crippen LogP contribution in [0.15, 0.2) is 36.4 Å². The molecule has 2 N–H and O–H groups in total. The van der Waals surface area contributed by atoms with Crippen molar-refractivity contribution in [1.82, 2.24) is 0 Å². The Bertz CT molecular complexity index is 514. The Labute approximate surface area is 91.3 Å². The second kappa shape index (κ2) is 4.19. The van der Waals surface area contributed by atoms with Crippen LogP contribution in [0.4, 0.5) is 8.78 Å². The number of halogens is 2. The lowest BCUT2D eigenvalue weighted by molar-refractivity contribution is 0.151. The number of hydrogen-bond acceptors (Lipinski definition) is 2. The first-order valence-electron chi connectivity index (χ1n) is 4.76. The van der Waals surface area contributed by atoms with Gasteiger partial charge in [0.2, 0.25) is 0 Å². The lowest BCUT2D eigenvalue weighted by Crippen LogP contribution is -2.30. The van der Waals surface area contributed by atoms with E-state index >= 15 is 0 Å². The minimum atomic E-state index is -2.52. The molecule has 0 fully saturated rings. The highest BCUT2D eigenvalue weighted by Crippen LogP contribution is 2.22. The van der Waals surface area contributed by atoms with Crippen LogP contribution in [0.5, 0.6) is 0 Å². The van der Waals surface area contributed by atoms with E-state index in [2.05, 4.69) is 0 Å². The van der Waals surface area contributed by atoms with Crippen LogP contribution in [0.25, 0.3) is 10.8 Å². The lowest BCUT2D eigenvalue weighted by atomic mass is 9.77. The fourth-order valence-corrected chi connectivity index (χ4v) is 1.69. The lowest BCUT2D eigenvalue weighted by Gasteiger charge is -2.07. The molecule has 2 nitrogen and oxygen atoms in total. The molecule has 0 aliphatic rings. The highest BCUT2D eigenvalue weighted by Gasteiger charge is 2.15. The minimum absolute atomic E-state index is 0.0721. The Balaban J connectivity index is 2.64. The SMILES string of the molecule is OB(O)c1cccc2cc(C(F)F)ccc12. The first-order valence-corrected chi connectivity index (χ1v) is 4.76. The summed E-state index contributed by atoms with van der Waals surface area (Å²) in [6.07, 6.45) is -2.52. The van der Waals surface area contributed by atoms with Crippen molar-refractivity contribution in [2.75, 3.05) is 0 Å². The highest BCUT2D eigenvalue weighted by molar-refractivity contribution is 6.61. The Kier molecular flexibility index (Phi) is 2.89. The molecule has 0 heterocycles. The fraction of sp³-hybridized carbons (Fsp3) is 0.0909. The summed E-state index contributed by atoms with van der Waals surface area (Å²) in [4.78, 5) is 0. The van der Waals surface area contributed by atoms with E-state index in [1.54, 1.807) is 18.2 Å². The molecule has 0 saturated carbocycles. The molecule has 0 aliphatic carbocycles. The maximum atomic E-state index is 12.5.